The fraction of sp³-hybridized carbons (Fsp3) is 0.538. The molecule has 1 unspecified atom stereocenters. The van der Waals surface area contributed by atoms with Crippen LogP contribution in [-0.2, 0) is 0 Å². The molecular weight excluding hydrogens is 202 g/mol. The largest absolute Gasteiger partial charge is 0.492 e. The lowest BCUT2D eigenvalue weighted by molar-refractivity contribution is 0.0899. The molecule has 0 radical (unpaired) electrons. The van der Waals surface area contributed by atoms with Crippen molar-refractivity contribution in [3.8, 4) is 5.75 Å². The quantitative estimate of drug-likeness (QED) is 0.717. The summed E-state index contributed by atoms with van der Waals surface area (Å²) in [6.45, 7) is 8.52. The molecule has 3 heteroatoms. The second-order valence-electron chi connectivity index (χ2n) is 4.24. The average molecular weight is 221 g/mol. The van der Waals surface area contributed by atoms with Crippen LogP contribution in [0.4, 0.5) is 0 Å². The first-order chi connectivity index (χ1) is 7.56. The standard InChI is InChI=1S/C13H19NO2/c1-5-16-12-6-11(7-14-8-12)13(15)10(4)9(2)3/h6-10H,5H2,1-4H3. The Balaban J connectivity index is 2.87. The number of ether oxygens (including phenoxy) is 1. The number of hydrogen-bond acceptors (Lipinski definition) is 3. The Bertz CT molecular complexity index is 361. The number of ketones is 1. The van der Waals surface area contributed by atoms with Crippen LogP contribution >= 0.6 is 0 Å². The van der Waals surface area contributed by atoms with Crippen molar-refractivity contribution >= 4 is 5.78 Å². The minimum atomic E-state index is 0.0127. The Hall–Kier alpha value is -1.38. The second-order valence-corrected chi connectivity index (χ2v) is 4.24. The zero-order valence-electron chi connectivity index (χ0n) is 10.4. The maximum absolute atomic E-state index is 12.0. The van der Waals surface area contributed by atoms with Gasteiger partial charge in [0.1, 0.15) is 5.75 Å². The highest BCUT2D eigenvalue weighted by molar-refractivity contribution is 5.97. The highest BCUT2D eigenvalue weighted by Crippen LogP contribution is 2.19. The van der Waals surface area contributed by atoms with Crippen molar-refractivity contribution in [2.24, 2.45) is 11.8 Å². The zero-order valence-corrected chi connectivity index (χ0v) is 10.4. The number of carbonyl (C=O) groups excluding carboxylic acids is 1. The van der Waals surface area contributed by atoms with Crippen molar-refractivity contribution in [3.05, 3.63) is 24.0 Å². The molecule has 0 aliphatic rings. The van der Waals surface area contributed by atoms with Gasteiger partial charge in [0, 0.05) is 17.7 Å². The summed E-state index contributed by atoms with van der Waals surface area (Å²) in [6, 6.07) is 1.76. The van der Waals surface area contributed by atoms with Crippen LogP contribution in [0.15, 0.2) is 18.5 Å². The summed E-state index contributed by atoms with van der Waals surface area (Å²) < 4.78 is 5.32. The molecule has 0 bridgehead atoms. The van der Waals surface area contributed by atoms with Crippen molar-refractivity contribution in [2.45, 2.75) is 27.7 Å². The van der Waals surface area contributed by atoms with Crippen LogP contribution in [0.25, 0.3) is 0 Å². The first-order valence-corrected chi connectivity index (χ1v) is 5.68. The van der Waals surface area contributed by atoms with Crippen LogP contribution in [-0.4, -0.2) is 17.4 Å². The molecule has 1 rings (SSSR count). The molecule has 3 nitrogen and oxygen atoms in total. The van der Waals surface area contributed by atoms with Gasteiger partial charge in [0.25, 0.3) is 0 Å². The molecule has 0 aliphatic carbocycles. The molecule has 0 saturated carbocycles. The van der Waals surface area contributed by atoms with Gasteiger partial charge in [-0.15, -0.1) is 0 Å². The van der Waals surface area contributed by atoms with Gasteiger partial charge in [0.05, 0.1) is 12.8 Å². The van der Waals surface area contributed by atoms with Gasteiger partial charge in [-0.3, -0.25) is 9.78 Å². The highest BCUT2D eigenvalue weighted by Gasteiger charge is 2.19. The number of nitrogens with zero attached hydrogens (tertiary/aromatic N) is 1. The number of Topliss-reactive ketones (excluding diaryl/α,β-unsaturated/α-hetero) is 1. The van der Waals surface area contributed by atoms with E-state index >= 15 is 0 Å². The van der Waals surface area contributed by atoms with Crippen LogP contribution in [0.5, 0.6) is 5.75 Å². The Labute approximate surface area is 96.8 Å². The molecule has 16 heavy (non-hydrogen) atoms. The summed E-state index contributed by atoms with van der Waals surface area (Å²) >= 11 is 0. The number of hydrogen-bond donors (Lipinski definition) is 0. The van der Waals surface area contributed by atoms with E-state index in [2.05, 4.69) is 4.98 Å². The monoisotopic (exact) mass is 221 g/mol. The molecule has 1 atom stereocenters. The molecule has 1 aromatic heterocycles. The zero-order chi connectivity index (χ0) is 12.1. The van der Waals surface area contributed by atoms with Crippen LogP contribution in [0, 0.1) is 11.8 Å². The molecule has 0 spiro atoms. The third-order valence-electron chi connectivity index (χ3n) is 2.72. The van der Waals surface area contributed by atoms with Crippen LogP contribution in [0.1, 0.15) is 38.1 Å². The number of rotatable bonds is 5. The Morgan fingerprint density at radius 2 is 2.06 bits per heavy atom. The summed E-state index contributed by atoms with van der Waals surface area (Å²) in [5.74, 6) is 1.13. The summed E-state index contributed by atoms with van der Waals surface area (Å²) in [5, 5.41) is 0. The molecule has 0 aliphatic heterocycles. The van der Waals surface area contributed by atoms with E-state index in [-0.39, 0.29) is 11.7 Å². The van der Waals surface area contributed by atoms with E-state index in [4.69, 9.17) is 4.74 Å². The van der Waals surface area contributed by atoms with Crippen LogP contribution < -0.4 is 4.74 Å². The summed E-state index contributed by atoms with van der Waals surface area (Å²) in [7, 11) is 0. The van der Waals surface area contributed by atoms with E-state index in [1.165, 1.54) is 0 Å². The Morgan fingerprint density at radius 1 is 1.38 bits per heavy atom. The lowest BCUT2D eigenvalue weighted by atomic mass is 9.90. The fourth-order valence-electron chi connectivity index (χ4n) is 1.36. The molecule has 0 N–H and O–H groups in total. The van der Waals surface area contributed by atoms with Crippen molar-refractivity contribution < 1.29 is 9.53 Å². The van der Waals surface area contributed by atoms with Gasteiger partial charge in [0.2, 0.25) is 0 Å². The first-order valence-electron chi connectivity index (χ1n) is 5.68. The van der Waals surface area contributed by atoms with E-state index in [0.717, 1.165) is 0 Å². The van der Waals surface area contributed by atoms with Gasteiger partial charge in [0.15, 0.2) is 5.78 Å². The normalized spacial score (nSPS) is 12.6. The van der Waals surface area contributed by atoms with E-state index in [1.807, 2.05) is 27.7 Å². The molecule has 1 heterocycles. The first kappa shape index (κ1) is 12.7. The minimum Gasteiger partial charge on any atom is -0.492 e. The fourth-order valence-corrected chi connectivity index (χ4v) is 1.36. The average Bonchev–Trinajstić information content (AvgIpc) is 2.28. The van der Waals surface area contributed by atoms with Crippen molar-refractivity contribution in [3.63, 3.8) is 0 Å². The smallest absolute Gasteiger partial charge is 0.167 e. The van der Waals surface area contributed by atoms with Crippen LogP contribution in [0.2, 0.25) is 0 Å². The topological polar surface area (TPSA) is 39.2 Å². The molecular formula is C13H19NO2. The summed E-state index contributed by atoms with van der Waals surface area (Å²) in [6.07, 6.45) is 3.23. The molecule has 0 aromatic carbocycles. The van der Waals surface area contributed by atoms with E-state index < -0.39 is 0 Å². The SMILES string of the molecule is CCOc1cncc(C(=O)C(C)C(C)C)c1. The van der Waals surface area contributed by atoms with Gasteiger partial charge in [-0.1, -0.05) is 20.8 Å². The summed E-state index contributed by atoms with van der Waals surface area (Å²) in [5.41, 5.74) is 0.632. The van der Waals surface area contributed by atoms with Crippen molar-refractivity contribution in [1.29, 1.82) is 0 Å². The molecule has 0 saturated heterocycles. The molecule has 88 valence electrons. The molecule has 1 aromatic rings. The van der Waals surface area contributed by atoms with Crippen molar-refractivity contribution in [1.82, 2.24) is 4.98 Å². The van der Waals surface area contributed by atoms with Gasteiger partial charge in [-0.2, -0.15) is 0 Å². The maximum atomic E-state index is 12.0. The third kappa shape index (κ3) is 3.05. The van der Waals surface area contributed by atoms with E-state index in [9.17, 15) is 4.79 Å². The maximum Gasteiger partial charge on any atom is 0.167 e. The predicted molar refractivity (Wildman–Crippen MR) is 63.7 cm³/mol. The lowest BCUT2D eigenvalue weighted by Gasteiger charge is -2.14. The van der Waals surface area contributed by atoms with Gasteiger partial charge >= 0.3 is 0 Å². The second kappa shape index (κ2) is 5.64. The van der Waals surface area contributed by atoms with Crippen LogP contribution in [0.3, 0.4) is 0 Å². The van der Waals surface area contributed by atoms with Gasteiger partial charge in [-0.25, -0.2) is 0 Å². The number of aromatic nitrogens is 1. The minimum absolute atomic E-state index is 0.0127. The van der Waals surface area contributed by atoms with E-state index in [1.54, 1.807) is 18.5 Å². The highest BCUT2D eigenvalue weighted by atomic mass is 16.5. The predicted octanol–water partition coefficient (Wildman–Crippen LogP) is 2.96. The number of pyridine rings is 1. The molecule has 0 fully saturated rings. The molecule has 0 amide bonds. The van der Waals surface area contributed by atoms with Crippen molar-refractivity contribution in [2.75, 3.05) is 6.61 Å². The third-order valence-corrected chi connectivity index (χ3v) is 2.72. The summed E-state index contributed by atoms with van der Waals surface area (Å²) in [4.78, 5) is 16.1. The van der Waals surface area contributed by atoms with E-state index in [0.29, 0.717) is 23.8 Å². The Morgan fingerprint density at radius 3 is 2.62 bits per heavy atom. The van der Waals surface area contributed by atoms with Gasteiger partial charge < -0.3 is 4.74 Å². The number of carbonyl (C=O) groups is 1. The Kier molecular flexibility index (Phi) is 4.47. The van der Waals surface area contributed by atoms with Gasteiger partial charge in [-0.05, 0) is 18.9 Å². The lowest BCUT2D eigenvalue weighted by Crippen LogP contribution is -2.17.